The molecule has 3 rings (SSSR count). The van der Waals surface area contributed by atoms with Crippen LogP contribution in [-0.2, 0) is 6.42 Å². The predicted molar refractivity (Wildman–Crippen MR) is 92.5 cm³/mol. The Bertz CT molecular complexity index is 766. The molecule has 0 bridgehead atoms. The molecule has 2 aromatic carbocycles. The van der Waals surface area contributed by atoms with Gasteiger partial charge in [0.1, 0.15) is 11.6 Å². The van der Waals surface area contributed by atoms with Crippen molar-refractivity contribution in [3.05, 3.63) is 59.8 Å². The van der Waals surface area contributed by atoms with Crippen molar-refractivity contribution in [2.45, 2.75) is 20.3 Å². The lowest BCUT2D eigenvalue weighted by atomic mass is 10.1. The first-order valence-corrected chi connectivity index (χ1v) is 7.13. The number of aromatic nitrogens is 2. The summed E-state index contributed by atoms with van der Waals surface area (Å²) in [5.41, 5.74) is 4.91. The maximum atomic E-state index is 10.0. The summed E-state index contributed by atoms with van der Waals surface area (Å²) in [6, 6.07) is 15.8. The average molecular weight is 315 g/mol. The molecule has 0 fully saturated rings. The summed E-state index contributed by atoms with van der Waals surface area (Å²) in [5, 5.41) is 10.0. The molecule has 114 valence electrons. The number of benzene rings is 2. The SMILES string of the molecule is CCc1ccc(-c2nc(-c3ccccc3)c(C)[nH]2)cc1O.Cl. The monoisotopic (exact) mass is 314 g/mol. The summed E-state index contributed by atoms with van der Waals surface area (Å²) in [5.74, 6) is 1.11. The van der Waals surface area contributed by atoms with Crippen LogP contribution in [0.2, 0.25) is 0 Å². The van der Waals surface area contributed by atoms with Crippen LogP contribution in [0.5, 0.6) is 5.75 Å². The largest absolute Gasteiger partial charge is 0.508 e. The van der Waals surface area contributed by atoms with E-state index in [1.54, 1.807) is 6.07 Å². The molecule has 2 N–H and O–H groups in total. The molecule has 0 aliphatic heterocycles. The fraction of sp³-hybridized carbons (Fsp3) is 0.167. The zero-order valence-corrected chi connectivity index (χ0v) is 13.4. The summed E-state index contributed by atoms with van der Waals surface area (Å²) >= 11 is 0. The average Bonchev–Trinajstić information content (AvgIpc) is 2.90. The highest BCUT2D eigenvalue weighted by Gasteiger charge is 2.11. The van der Waals surface area contributed by atoms with Gasteiger partial charge in [0.25, 0.3) is 0 Å². The Morgan fingerprint density at radius 3 is 2.41 bits per heavy atom. The van der Waals surface area contributed by atoms with Gasteiger partial charge in [-0.1, -0.05) is 49.4 Å². The lowest BCUT2D eigenvalue weighted by Crippen LogP contribution is -1.85. The summed E-state index contributed by atoms with van der Waals surface area (Å²) < 4.78 is 0. The number of phenolic OH excluding ortho intramolecular Hbond substituents is 1. The van der Waals surface area contributed by atoms with Crippen molar-refractivity contribution in [1.82, 2.24) is 9.97 Å². The second-order valence-electron chi connectivity index (χ2n) is 5.12. The van der Waals surface area contributed by atoms with Gasteiger partial charge in [-0.2, -0.15) is 0 Å². The normalized spacial score (nSPS) is 10.3. The fourth-order valence-corrected chi connectivity index (χ4v) is 2.48. The van der Waals surface area contributed by atoms with Crippen LogP contribution in [0.15, 0.2) is 48.5 Å². The van der Waals surface area contributed by atoms with Crippen LogP contribution in [0.1, 0.15) is 18.2 Å². The van der Waals surface area contributed by atoms with E-state index in [0.717, 1.165) is 40.3 Å². The van der Waals surface area contributed by atoms with Crippen molar-refractivity contribution in [2.75, 3.05) is 0 Å². The number of phenols is 1. The molecule has 0 radical (unpaired) electrons. The molecule has 0 unspecified atom stereocenters. The van der Waals surface area contributed by atoms with Gasteiger partial charge >= 0.3 is 0 Å². The number of rotatable bonds is 3. The predicted octanol–water partition coefficient (Wildman–Crippen LogP) is 4.74. The van der Waals surface area contributed by atoms with Gasteiger partial charge in [-0.05, 0) is 25.0 Å². The van der Waals surface area contributed by atoms with Gasteiger partial charge in [-0.25, -0.2) is 4.98 Å². The van der Waals surface area contributed by atoms with Crippen molar-refractivity contribution in [1.29, 1.82) is 0 Å². The number of hydrogen-bond donors (Lipinski definition) is 2. The van der Waals surface area contributed by atoms with Crippen LogP contribution in [0, 0.1) is 6.92 Å². The molecule has 0 aliphatic carbocycles. The topological polar surface area (TPSA) is 48.9 Å². The van der Waals surface area contributed by atoms with E-state index in [0.29, 0.717) is 5.75 Å². The third-order valence-corrected chi connectivity index (χ3v) is 3.67. The smallest absolute Gasteiger partial charge is 0.138 e. The molecule has 1 heterocycles. The molecule has 0 aliphatic rings. The summed E-state index contributed by atoms with van der Waals surface area (Å²) in [6.07, 6.45) is 0.818. The van der Waals surface area contributed by atoms with Crippen molar-refractivity contribution >= 4 is 12.4 Å². The molecule has 1 aromatic heterocycles. The third kappa shape index (κ3) is 3.00. The quantitative estimate of drug-likeness (QED) is 0.733. The fourth-order valence-electron chi connectivity index (χ4n) is 2.48. The van der Waals surface area contributed by atoms with Crippen LogP contribution in [-0.4, -0.2) is 15.1 Å². The molecule has 0 amide bonds. The second-order valence-corrected chi connectivity index (χ2v) is 5.12. The maximum absolute atomic E-state index is 10.0. The van der Waals surface area contributed by atoms with E-state index < -0.39 is 0 Å². The van der Waals surface area contributed by atoms with E-state index >= 15 is 0 Å². The first-order chi connectivity index (χ1) is 10.2. The molecule has 0 atom stereocenters. The van der Waals surface area contributed by atoms with Crippen LogP contribution < -0.4 is 0 Å². The number of H-pyrrole nitrogens is 1. The van der Waals surface area contributed by atoms with Gasteiger partial charge in [0.2, 0.25) is 0 Å². The van der Waals surface area contributed by atoms with Gasteiger partial charge in [0.15, 0.2) is 0 Å². The Kier molecular flexibility index (Phi) is 4.88. The Morgan fingerprint density at radius 1 is 1.05 bits per heavy atom. The van der Waals surface area contributed by atoms with Gasteiger partial charge < -0.3 is 10.1 Å². The van der Waals surface area contributed by atoms with Crippen LogP contribution in [0.3, 0.4) is 0 Å². The van der Waals surface area contributed by atoms with E-state index in [1.165, 1.54) is 0 Å². The highest BCUT2D eigenvalue weighted by atomic mass is 35.5. The number of aromatic amines is 1. The summed E-state index contributed by atoms with van der Waals surface area (Å²) in [6.45, 7) is 4.04. The van der Waals surface area contributed by atoms with Gasteiger partial charge in [0, 0.05) is 16.8 Å². The van der Waals surface area contributed by atoms with Crippen molar-refractivity contribution in [3.8, 4) is 28.4 Å². The molecular weight excluding hydrogens is 296 g/mol. The van der Waals surface area contributed by atoms with Crippen LogP contribution >= 0.6 is 12.4 Å². The van der Waals surface area contributed by atoms with Gasteiger partial charge in [0.05, 0.1) is 5.69 Å². The van der Waals surface area contributed by atoms with E-state index in [2.05, 4.69) is 9.97 Å². The van der Waals surface area contributed by atoms with Gasteiger partial charge in [-0.3, -0.25) is 0 Å². The van der Waals surface area contributed by atoms with Crippen LogP contribution in [0.25, 0.3) is 22.6 Å². The Labute approximate surface area is 136 Å². The minimum Gasteiger partial charge on any atom is -0.508 e. The minimum atomic E-state index is 0. The number of hydrogen-bond acceptors (Lipinski definition) is 2. The van der Waals surface area contributed by atoms with E-state index in [9.17, 15) is 5.11 Å². The first-order valence-electron chi connectivity index (χ1n) is 7.13. The molecule has 0 spiro atoms. The molecule has 0 saturated heterocycles. The third-order valence-electron chi connectivity index (χ3n) is 3.67. The molecule has 4 heteroatoms. The highest BCUT2D eigenvalue weighted by molar-refractivity contribution is 5.85. The summed E-state index contributed by atoms with van der Waals surface area (Å²) in [7, 11) is 0. The molecule has 22 heavy (non-hydrogen) atoms. The standard InChI is InChI=1S/C18H18N2O.ClH/c1-3-13-9-10-15(11-16(13)21)18-19-12(2)17(20-18)14-7-5-4-6-8-14;/h4-11,21H,3H2,1-2H3,(H,19,20);1H. The minimum absolute atomic E-state index is 0. The highest BCUT2D eigenvalue weighted by Crippen LogP contribution is 2.28. The van der Waals surface area contributed by atoms with E-state index in [1.807, 2.05) is 56.3 Å². The Hall–Kier alpha value is -2.26. The van der Waals surface area contributed by atoms with E-state index in [-0.39, 0.29) is 12.4 Å². The number of aryl methyl sites for hydroxylation is 2. The maximum Gasteiger partial charge on any atom is 0.138 e. The molecular formula is C18H19ClN2O. The number of nitrogens with one attached hydrogen (secondary N) is 1. The molecule has 0 saturated carbocycles. The Balaban J connectivity index is 0.00000176. The lowest BCUT2D eigenvalue weighted by molar-refractivity contribution is 0.469. The molecule has 3 aromatic rings. The lowest BCUT2D eigenvalue weighted by Gasteiger charge is -2.03. The summed E-state index contributed by atoms with van der Waals surface area (Å²) in [4.78, 5) is 7.98. The zero-order chi connectivity index (χ0) is 14.8. The zero-order valence-electron chi connectivity index (χ0n) is 12.6. The van der Waals surface area contributed by atoms with E-state index in [4.69, 9.17) is 0 Å². The van der Waals surface area contributed by atoms with Crippen molar-refractivity contribution < 1.29 is 5.11 Å². The number of halogens is 1. The van der Waals surface area contributed by atoms with Gasteiger partial charge in [-0.15, -0.1) is 12.4 Å². The van der Waals surface area contributed by atoms with Crippen LogP contribution in [0.4, 0.5) is 0 Å². The molecule has 3 nitrogen and oxygen atoms in total. The number of nitrogens with zero attached hydrogens (tertiary/aromatic N) is 1. The first kappa shape index (κ1) is 16.1. The second kappa shape index (κ2) is 6.67. The van der Waals surface area contributed by atoms with Crippen molar-refractivity contribution in [3.63, 3.8) is 0 Å². The number of aromatic hydroxyl groups is 1. The Morgan fingerprint density at radius 2 is 1.77 bits per heavy atom. The van der Waals surface area contributed by atoms with Crippen molar-refractivity contribution in [2.24, 2.45) is 0 Å². The number of imidazole rings is 1.